The molecule has 134 valence electrons. The van der Waals surface area contributed by atoms with E-state index in [0.717, 1.165) is 29.7 Å². The fourth-order valence-corrected chi connectivity index (χ4v) is 3.73. The van der Waals surface area contributed by atoms with Crippen molar-refractivity contribution >= 4 is 11.6 Å². The van der Waals surface area contributed by atoms with Crippen LogP contribution in [0.1, 0.15) is 41.0 Å². The van der Waals surface area contributed by atoms with Gasteiger partial charge in [0.2, 0.25) is 5.91 Å². The molecule has 3 nitrogen and oxygen atoms in total. The highest BCUT2D eigenvalue weighted by atomic mass is 16.2. The monoisotopic (exact) mass is 354 g/mol. The van der Waals surface area contributed by atoms with Gasteiger partial charge in [-0.1, -0.05) is 84.9 Å². The number of nitrogens with one attached hydrogen (secondary N) is 1. The van der Waals surface area contributed by atoms with Gasteiger partial charge < -0.3 is 0 Å². The van der Waals surface area contributed by atoms with Crippen LogP contribution < -0.4 is 5.43 Å². The van der Waals surface area contributed by atoms with Gasteiger partial charge in [-0.05, 0) is 29.9 Å². The minimum absolute atomic E-state index is 0.0407. The van der Waals surface area contributed by atoms with Crippen LogP contribution >= 0.6 is 0 Å². The highest BCUT2D eigenvalue weighted by Gasteiger charge is 2.24. The Bertz CT molecular complexity index is 907. The van der Waals surface area contributed by atoms with Crippen molar-refractivity contribution in [3.05, 3.63) is 107 Å². The zero-order chi connectivity index (χ0) is 18.5. The van der Waals surface area contributed by atoms with Gasteiger partial charge >= 0.3 is 0 Å². The third-order valence-corrected chi connectivity index (χ3v) is 5.08. The zero-order valence-electron chi connectivity index (χ0n) is 15.1. The number of nitrogens with zero attached hydrogens (tertiary/aromatic N) is 1. The van der Waals surface area contributed by atoms with Crippen LogP contribution in [-0.2, 0) is 11.2 Å². The van der Waals surface area contributed by atoms with Gasteiger partial charge in [-0.2, -0.15) is 5.10 Å². The number of benzene rings is 3. The third-order valence-electron chi connectivity index (χ3n) is 5.08. The summed E-state index contributed by atoms with van der Waals surface area (Å²) >= 11 is 0. The second-order valence-corrected chi connectivity index (χ2v) is 6.87. The fourth-order valence-electron chi connectivity index (χ4n) is 3.73. The van der Waals surface area contributed by atoms with Crippen LogP contribution in [0.2, 0.25) is 0 Å². The number of carbonyl (C=O) groups is 1. The highest BCUT2D eigenvalue weighted by Crippen LogP contribution is 2.35. The topological polar surface area (TPSA) is 41.5 Å². The van der Waals surface area contributed by atoms with Crippen molar-refractivity contribution in [2.24, 2.45) is 5.10 Å². The standard InChI is InChI=1S/C24H22N2O/c27-23(17-21-16-15-18-9-7-8-14-22(18)21)25-26-24(19-10-3-1-4-11-19)20-12-5-2-6-13-20/h1-14,21H,15-17H2,(H,25,27). The SMILES string of the molecule is O=C(CC1CCc2ccccc21)NN=C(c1ccccc1)c1ccccc1. The maximum atomic E-state index is 12.6. The van der Waals surface area contributed by atoms with Crippen LogP contribution in [0.5, 0.6) is 0 Å². The number of amides is 1. The minimum Gasteiger partial charge on any atom is -0.273 e. The van der Waals surface area contributed by atoms with Crippen molar-refractivity contribution in [1.82, 2.24) is 5.43 Å². The normalized spacial score (nSPS) is 15.0. The zero-order valence-corrected chi connectivity index (χ0v) is 15.1. The number of fused-ring (bicyclic) bond motifs is 1. The third kappa shape index (κ3) is 3.98. The molecule has 1 aliphatic rings. The predicted molar refractivity (Wildman–Crippen MR) is 109 cm³/mol. The lowest BCUT2D eigenvalue weighted by Gasteiger charge is -2.11. The molecule has 0 aromatic heterocycles. The van der Waals surface area contributed by atoms with E-state index in [0.29, 0.717) is 6.42 Å². The molecule has 1 N–H and O–H groups in total. The molecule has 1 atom stereocenters. The van der Waals surface area contributed by atoms with E-state index < -0.39 is 0 Å². The van der Waals surface area contributed by atoms with E-state index >= 15 is 0 Å². The number of carbonyl (C=O) groups excluding carboxylic acids is 1. The minimum atomic E-state index is -0.0407. The first kappa shape index (κ1) is 17.2. The predicted octanol–water partition coefficient (Wildman–Crippen LogP) is 4.68. The van der Waals surface area contributed by atoms with Crippen molar-refractivity contribution < 1.29 is 4.79 Å². The summed E-state index contributed by atoms with van der Waals surface area (Å²) in [5, 5.41) is 4.48. The molecule has 27 heavy (non-hydrogen) atoms. The average molecular weight is 354 g/mol. The Morgan fingerprint density at radius 3 is 2.11 bits per heavy atom. The molecule has 1 aliphatic carbocycles. The molecule has 1 unspecified atom stereocenters. The first-order valence-corrected chi connectivity index (χ1v) is 9.36. The summed E-state index contributed by atoms with van der Waals surface area (Å²) in [5.41, 5.74) is 8.20. The number of rotatable bonds is 5. The van der Waals surface area contributed by atoms with E-state index in [-0.39, 0.29) is 11.8 Å². The summed E-state index contributed by atoms with van der Waals surface area (Å²) in [6.45, 7) is 0. The molecule has 3 aromatic rings. The van der Waals surface area contributed by atoms with Gasteiger partial charge in [0.1, 0.15) is 0 Å². The lowest BCUT2D eigenvalue weighted by molar-refractivity contribution is -0.121. The number of hydrazone groups is 1. The lowest BCUT2D eigenvalue weighted by Crippen LogP contribution is -2.22. The van der Waals surface area contributed by atoms with E-state index in [2.05, 4.69) is 34.8 Å². The van der Waals surface area contributed by atoms with Crippen LogP contribution in [0.15, 0.2) is 90.0 Å². The molecule has 0 radical (unpaired) electrons. The van der Waals surface area contributed by atoms with Crippen LogP contribution in [0, 0.1) is 0 Å². The maximum Gasteiger partial charge on any atom is 0.240 e. The summed E-state index contributed by atoms with van der Waals surface area (Å²) in [6.07, 6.45) is 2.55. The highest BCUT2D eigenvalue weighted by molar-refractivity contribution is 6.13. The van der Waals surface area contributed by atoms with Gasteiger partial charge in [0, 0.05) is 17.5 Å². The Kier molecular flexibility index (Phi) is 5.10. The van der Waals surface area contributed by atoms with Gasteiger partial charge in [0.05, 0.1) is 5.71 Å². The molecular weight excluding hydrogens is 332 g/mol. The second kappa shape index (κ2) is 8.00. The van der Waals surface area contributed by atoms with Gasteiger partial charge in [0.25, 0.3) is 0 Å². The summed E-state index contributed by atoms with van der Waals surface area (Å²) < 4.78 is 0. The van der Waals surface area contributed by atoms with Crippen molar-refractivity contribution in [3.8, 4) is 0 Å². The first-order chi connectivity index (χ1) is 13.3. The van der Waals surface area contributed by atoms with Gasteiger partial charge in [0.15, 0.2) is 0 Å². The molecule has 0 aliphatic heterocycles. The van der Waals surface area contributed by atoms with Crippen LogP contribution in [0.4, 0.5) is 0 Å². The van der Waals surface area contributed by atoms with Gasteiger partial charge in [-0.25, -0.2) is 5.43 Å². The van der Waals surface area contributed by atoms with E-state index in [1.165, 1.54) is 11.1 Å². The fraction of sp³-hybridized carbons (Fsp3) is 0.167. The van der Waals surface area contributed by atoms with Gasteiger partial charge in [-0.15, -0.1) is 0 Å². The molecule has 0 saturated carbocycles. The van der Waals surface area contributed by atoms with E-state index in [1.54, 1.807) is 0 Å². The largest absolute Gasteiger partial charge is 0.273 e. The Hall–Kier alpha value is -3.20. The van der Waals surface area contributed by atoms with E-state index in [9.17, 15) is 4.79 Å². The van der Waals surface area contributed by atoms with E-state index in [1.807, 2.05) is 60.7 Å². The molecule has 3 heteroatoms. The summed E-state index contributed by atoms with van der Waals surface area (Å²) in [7, 11) is 0. The van der Waals surface area contributed by atoms with Crippen molar-refractivity contribution in [2.75, 3.05) is 0 Å². The second-order valence-electron chi connectivity index (χ2n) is 6.87. The molecule has 0 saturated heterocycles. The Morgan fingerprint density at radius 1 is 0.852 bits per heavy atom. The Labute approximate surface area is 159 Å². The molecule has 0 spiro atoms. The summed E-state index contributed by atoms with van der Waals surface area (Å²) in [4.78, 5) is 12.6. The average Bonchev–Trinajstić information content (AvgIpc) is 3.13. The molecule has 0 heterocycles. The molecule has 0 fully saturated rings. The molecule has 3 aromatic carbocycles. The summed E-state index contributed by atoms with van der Waals surface area (Å²) in [6, 6.07) is 28.3. The smallest absolute Gasteiger partial charge is 0.240 e. The van der Waals surface area contributed by atoms with Crippen LogP contribution in [0.25, 0.3) is 0 Å². The van der Waals surface area contributed by atoms with Crippen molar-refractivity contribution in [2.45, 2.75) is 25.2 Å². The van der Waals surface area contributed by atoms with Crippen molar-refractivity contribution in [3.63, 3.8) is 0 Å². The van der Waals surface area contributed by atoms with Crippen molar-refractivity contribution in [1.29, 1.82) is 0 Å². The number of aryl methyl sites for hydroxylation is 1. The van der Waals surface area contributed by atoms with Gasteiger partial charge in [-0.3, -0.25) is 4.79 Å². The van der Waals surface area contributed by atoms with Crippen LogP contribution in [0.3, 0.4) is 0 Å². The molecular formula is C24H22N2O. The number of hydrogen-bond donors (Lipinski definition) is 1. The molecule has 1 amide bonds. The lowest BCUT2D eigenvalue weighted by atomic mass is 9.98. The maximum absolute atomic E-state index is 12.6. The Morgan fingerprint density at radius 2 is 1.44 bits per heavy atom. The summed E-state index contributed by atoms with van der Waals surface area (Å²) in [5.74, 6) is 0.245. The first-order valence-electron chi connectivity index (χ1n) is 9.36. The quantitative estimate of drug-likeness (QED) is 0.525. The molecule has 4 rings (SSSR count). The Balaban J connectivity index is 1.51. The molecule has 0 bridgehead atoms. The van der Waals surface area contributed by atoms with Crippen LogP contribution in [-0.4, -0.2) is 11.6 Å². The van der Waals surface area contributed by atoms with E-state index in [4.69, 9.17) is 0 Å². The number of hydrogen-bond acceptors (Lipinski definition) is 2.